The highest BCUT2D eigenvalue weighted by Gasteiger charge is 2.36. The number of benzene rings is 2. The largest absolute Gasteiger partial charge is 0.369 e. The van der Waals surface area contributed by atoms with Crippen LogP contribution in [0.1, 0.15) is 6.42 Å². The number of hydrogen-bond donors (Lipinski definition) is 1. The summed E-state index contributed by atoms with van der Waals surface area (Å²) in [6.45, 7) is 4.69. The number of para-hydroxylation sites is 2. The van der Waals surface area contributed by atoms with Crippen LogP contribution >= 0.6 is 0 Å². The van der Waals surface area contributed by atoms with Gasteiger partial charge in [0.15, 0.2) is 0 Å². The smallest absolute Gasteiger partial charge is 0.335 e. The van der Waals surface area contributed by atoms with Gasteiger partial charge in [-0.05, 0) is 30.7 Å². The van der Waals surface area contributed by atoms with Crippen LogP contribution in [0.5, 0.6) is 0 Å². The van der Waals surface area contributed by atoms with E-state index in [1.54, 1.807) is 18.2 Å². The third-order valence-electron chi connectivity index (χ3n) is 5.25. The molecule has 0 radical (unpaired) electrons. The van der Waals surface area contributed by atoms with Crippen molar-refractivity contribution in [2.24, 2.45) is 0 Å². The minimum Gasteiger partial charge on any atom is -0.369 e. The molecule has 8 heteroatoms. The van der Waals surface area contributed by atoms with Gasteiger partial charge in [-0.25, -0.2) is 17.5 Å². The Bertz CT molecular complexity index is 941. The Labute approximate surface area is 165 Å². The van der Waals surface area contributed by atoms with Crippen LogP contribution in [0, 0.1) is 0 Å². The molecule has 0 atom stereocenters. The van der Waals surface area contributed by atoms with Crippen molar-refractivity contribution in [3.8, 4) is 0 Å². The number of fused-ring (bicyclic) bond motifs is 1. The third kappa shape index (κ3) is 3.70. The SMILES string of the molecule is O=C1Nc2ccccc2S(=O)(=O)N1CCCN1CCN(c2ccccc2)CC1. The first-order valence-corrected chi connectivity index (χ1v) is 10.9. The van der Waals surface area contributed by atoms with Gasteiger partial charge in [-0.1, -0.05) is 30.3 Å². The van der Waals surface area contributed by atoms with E-state index in [1.807, 2.05) is 18.2 Å². The molecule has 28 heavy (non-hydrogen) atoms. The van der Waals surface area contributed by atoms with E-state index in [-0.39, 0.29) is 11.4 Å². The Morgan fingerprint density at radius 3 is 2.29 bits per heavy atom. The van der Waals surface area contributed by atoms with Gasteiger partial charge in [0.25, 0.3) is 10.0 Å². The molecule has 0 unspecified atom stereocenters. The quantitative estimate of drug-likeness (QED) is 0.835. The van der Waals surface area contributed by atoms with E-state index in [2.05, 4.69) is 27.2 Å². The average Bonchev–Trinajstić information content (AvgIpc) is 2.71. The molecule has 1 N–H and O–H groups in total. The van der Waals surface area contributed by atoms with Crippen LogP contribution < -0.4 is 10.2 Å². The fourth-order valence-electron chi connectivity index (χ4n) is 3.73. The van der Waals surface area contributed by atoms with Crippen molar-refractivity contribution >= 4 is 27.4 Å². The summed E-state index contributed by atoms with van der Waals surface area (Å²) in [5.74, 6) is 0. The van der Waals surface area contributed by atoms with Crippen molar-refractivity contribution in [1.82, 2.24) is 9.21 Å². The van der Waals surface area contributed by atoms with Crippen LogP contribution in [0.4, 0.5) is 16.2 Å². The van der Waals surface area contributed by atoms with Gasteiger partial charge < -0.3 is 10.2 Å². The van der Waals surface area contributed by atoms with Crippen LogP contribution in [-0.2, 0) is 10.0 Å². The zero-order valence-corrected chi connectivity index (χ0v) is 16.4. The predicted molar refractivity (Wildman–Crippen MR) is 109 cm³/mol. The molecule has 7 nitrogen and oxygen atoms in total. The number of amides is 2. The summed E-state index contributed by atoms with van der Waals surface area (Å²) in [5, 5.41) is 2.67. The fraction of sp³-hybridized carbons (Fsp3) is 0.350. The van der Waals surface area contributed by atoms with Crippen molar-refractivity contribution in [1.29, 1.82) is 0 Å². The molecule has 2 aliphatic heterocycles. The molecule has 0 bridgehead atoms. The van der Waals surface area contributed by atoms with Crippen LogP contribution in [0.2, 0.25) is 0 Å². The number of carbonyl (C=O) groups excluding carboxylic acids is 1. The summed E-state index contributed by atoms with van der Waals surface area (Å²) in [6, 6.07) is 16.3. The highest BCUT2D eigenvalue weighted by Crippen LogP contribution is 2.29. The average molecular weight is 401 g/mol. The first-order chi connectivity index (χ1) is 13.6. The molecule has 2 aromatic carbocycles. The Morgan fingerprint density at radius 1 is 0.857 bits per heavy atom. The maximum Gasteiger partial charge on any atom is 0.335 e. The topological polar surface area (TPSA) is 73.0 Å². The van der Waals surface area contributed by atoms with Crippen molar-refractivity contribution in [3.63, 3.8) is 0 Å². The number of piperazine rings is 1. The normalized spacial score (nSPS) is 19.2. The second kappa shape index (κ2) is 7.81. The molecule has 1 saturated heterocycles. The van der Waals surface area contributed by atoms with E-state index in [0.717, 1.165) is 37.0 Å². The molecule has 2 heterocycles. The molecule has 0 saturated carbocycles. The van der Waals surface area contributed by atoms with Gasteiger partial charge >= 0.3 is 6.03 Å². The zero-order valence-electron chi connectivity index (χ0n) is 15.6. The summed E-state index contributed by atoms with van der Waals surface area (Å²) in [4.78, 5) is 17.1. The maximum atomic E-state index is 12.7. The second-order valence-electron chi connectivity index (χ2n) is 7.02. The van der Waals surface area contributed by atoms with Crippen molar-refractivity contribution in [3.05, 3.63) is 54.6 Å². The fourth-order valence-corrected chi connectivity index (χ4v) is 5.25. The van der Waals surface area contributed by atoms with E-state index in [0.29, 0.717) is 12.1 Å². The first-order valence-electron chi connectivity index (χ1n) is 9.51. The molecule has 0 aliphatic carbocycles. The number of nitrogens with zero attached hydrogens (tertiary/aromatic N) is 3. The highest BCUT2D eigenvalue weighted by atomic mass is 32.2. The van der Waals surface area contributed by atoms with E-state index < -0.39 is 16.1 Å². The summed E-state index contributed by atoms with van der Waals surface area (Å²) >= 11 is 0. The number of nitrogens with one attached hydrogen (secondary N) is 1. The van der Waals surface area contributed by atoms with E-state index >= 15 is 0 Å². The molecule has 2 aliphatic rings. The molecule has 148 valence electrons. The molecule has 0 aromatic heterocycles. The minimum atomic E-state index is -3.79. The minimum absolute atomic E-state index is 0.158. The van der Waals surface area contributed by atoms with E-state index in [4.69, 9.17) is 0 Å². The highest BCUT2D eigenvalue weighted by molar-refractivity contribution is 7.90. The van der Waals surface area contributed by atoms with Gasteiger partial charge in [-0.2, -0.15) is 0 Å². The lowest BCUT2D eigenvalue weighted by atomic mass is 10.2. The standard InChI is InChI=1S/C20H24N4O3S/c25-20-21-18-9-4-5-10-19(18)28(26,27)24(20)12-6-11-22-13-15-23(16-14-22)17-7-2-1-3-8-17/h1-5,7-10H,6,11-16H2,(H,21,25). The number of sulfonamides is 1. The molecular formula is C20H24N4O3S. The van der Waals surface area contributed by atoms with Gasteiger partial charge in [0, 0.05) is 45.0 Å². The molecule has 4 rings (SSSR count). The van der Waals surface area contributed by atoms with Crippen LogP contribution in [-0.4, -0.2) is 62.9 Å². The lowest BCUT2D eigenvalue weighted by molar-refractivity contribution is 0.225. The Balaban J connectivity index is 1.31. The third-order valence-corrected chi connectivity index (χ3v) is 7.09. The molecule has 0 spiro atoms. The lowest BCUT2D eigenvalue weighted by Gasteiger charge is -2.36. The van der Waals surface area contributed by atoms with Gasteiger partial charge in [0.05, 0.1) is 5.69 Å². The van der Waals surface area contributed by atoms with Gasteiger partial charge in [0.1, 0.15) is 4.90 Å². The number of hydrogen-bond acceptors (Lipinski definition) is 5. The summed E-state index contributed by atoms with van der Waals surface area (Å²) in [7, 11) is -3.79. The van der Waals surface area contributed by atoms with Crippen molar-refractivity contribution in [2.75, 3.05) is 49.5 Å². The van der Waals surface area contributed by atoms with Crippen LogP contribution in [0.25, 0.3) is 0 Å². The zero-order chi connectivity index (χ0) is 19.6. The van der Waals surface area contributed by atoms with E-state index in [1.165, 1.54) is 11.8 Å². The van der Waals surface area contributed by atoms with Crippen molar-refractivity contribution in [2.45, 2.75) is 11.3 Å². The van der Waals surface area contributed by atoms with Crippen LogP contribution in [0.3, 0.4) is 0 Å². The van der Waals surface area contributed by atoms with Gasteiger partial charge in [0.2, 0.25) is 0 Å². The summed E-state index contributed by atoms with van der Waals surface area (Å²) in [6.07, 6.45) is 0.611. The number of anilines is 2. The van der Waals surface area contributed by atoms with Crippen LogP contribution in [0.15, 0.2) is 59.5 Å². The number of urea groups is 1. The van der Waals surface area contributed by atoms with Gasteiger partial charge in [-0.3, -0.25) is 4.90 Å². The molecular weight excluding hydrogens is 376 g/mol. The van der Waals surface area contributed by atoms with E-state index in [9.17, 15) is 13.2 Å². The summed E-state index contributed by atoms with van der Waals surface area (Å²) in [5.41, 5.74) is 1.58. The second-order valence-corrected chi connectivity index (χ2v) is 8.85. The van der Waals surface area contributed by atoms with Gasteiger partial charge in [-0.15, -0.1) is 0 Å². The molecule has 1 fully saturated rings. The number of carbonyl (C=O) groups is 1. The first kappa shape index (κ1) is 18.8. The molecule has 2 aromatic rings. The predicted octanol–water partition coefficient (Wildman–Crippen LogP) is 2.44. The number of rotatable bonds is 5. The van der Waals surface area contributed by atoms with Crippen molar-refractivity contribution < 1.29 is 13.2 Å². The Hall–Kier alpha value is -2.58. The Morgan fingerprint density at radius 2 is 1.54 bits per heavy atom. The molecule has 2 amide bonds. The lowest BCUT2D eigenvalue weighted by Crippen LogP contribution is -2.48. The maximum absolute atomic E-state index is 12.7. The Kier molecular flexibility index (Phi) is 5.23. The monoisotopic (exact) mass is 400 g/mol. The summed E-state index contributed by atoms with van der Waals surface area (Å²) < 4.78 is 26.4.